The number of carboxylic acid groups (broad SMARTS) is 1. The van der Waals surface area contributed by atoms with Crippen LogP contribution in [0.2, 0.25) is 0 Å². The van der Waals surface area contributed by atoms with Gasteiger partial charge in [-0.1, -0.05) is 6.92 Å². The quantitative estimate of drug-likeness (QED) is 0.673. The van der Waals surface area contributed by atoms with E-state index < -0.39 is 22.1 Å². The van der Waals surface area contributed by atoms with Gasteiger partial charge in [0, 0.05) is 26.2 Å². The molecule has 1 rings (SSSR count). The first-order chi connectivity index (χ1) is 8.43. The molecule has 1 aliphatic heterocycles. The fourth-order valence-corrected chi connectivity index (χ4v) is 3.76. The third kappa shape index (κ3) is 3.41. The van der Waals surface area contributed by atoms with Gasteiger partial charge in [0.05, 0.1) is 12.5 Å². The largest absolute Gasteiger partial charge is 0.481 e. The predicted octanol–water partition coefficient (Wildman–Crippen LogP) is -0.658. The van der Waals surface area contributed by atoms with Crippen LogP contribution in [0.5, 0.6) is 0 Å². The van der Waals surface area contributed by atoms with E-state index in [-0.39, 0.29) is 26.2 Å². The highest BCUT2D eigenvalue weighted by molar-refractivity contribution is 7.86. The summed E-state index contributed by atoms with van der Waals surface area (Å²) in [5.74, 6) is -1.60. The molecule has 1 unspecified atom stereocenters. The van der Waals surface area contributed by atoms with Crippen molar-refractivity contribution in [3.05, 3.63) is 0 Å². The van der Waals surface area contributed by atoms with Gasteiger partial charge in [-0.3, -0.25) is 4.79 Å². The van der Waals surface area contributed by atoms with Crippen LogP contribution in [0.4, 0.5) is 0 Å². The smallest absolute Gasteiger partial charge is 0.307 e. The highest BCUT2D eigenvalue weighted by Crippen LogP contribution is 2.21. The van der Waals surface area contributed by atoms with Gasteiger partial charge >= 0.3 is 5.97 Å². The normalized spacial score (nSPS) is 22.3. The van der Waals surface area contributed by atoms with Crippen LogP contribution in [-0.2, 0) is 15.0 Å². The van der Waals surface area contributed by atoms with E-state index in [1.54, 1.807) is 6.92 Å². The van der Waals surface area contributed by atoms with Gasteiger partial charge in [0.25, 0.3) is 10.2 Å². The lowest BCUT2D eigenvalue weighted by molar-refractivity contribution is -0.142. The van der Waals surface area contributed by atoms with Gasteiger partial charge in [-0.25, -0.2) is 0 Å². The summed E-state index contributed by atoms with van der Waals surface area (Å²) < 4.78 is 26.8. The van der Waals surface area contributed by atoms with E-state index in [4.69, 9.17) is 10.2 Å². The number of aliphatic hydroxyl groups excluding tert-OH is 1. The monoisotopic (exact) mass is 280 g/mol. The molecule has 0 aromatic heterocycles. The van der Waals surface area contributed by atoms with Crippen molar-refractivity contribution >= 4 is 16.2 Å². The molecular formula is C10H20N2O5S. The second-order valence-electron chi connectivity index (χ2n) is 4.26. The van der Waals surface area contributed by atoms with Crippen molar-refractivity contribution in [2.24, 2.45) is 5.92 Å². The van der Waals surface area contributed by atoms with E-state index in [1.807, 2.05) is 0 Å². The molecule has 0 spiro atoms. The Bertz CT molecular complexity index is 384. The van der Waals surface area contributed by atoms with Crippen molar-refractivity contribution < 1.29 is 23.4 Å². The summed E-state index contributed by atoms with van der Waals surface area (Å²) in [4.78, 5) is 10.9. The second-order valence-corrected chi connectivity index (χ2v) is 6.19. The molecule has 0 radical (unpaired) electrons. The van der Waals surface area contributed by atoms with E-state index in [9.17, 15) is 13.2 Å². The molecule has 0 aliphatic carbocycles. The molecular weight excluding hydrogens is 260 g/mol. The molecule has 7 nitrogen and oxygen atoms in total. The minimum Gasteiger partial charge on any atom is -0.481 e. The topological polar surface area (TPSA) is 98.2 Å². The average molecular weight is 280 g/mol. The molecule has 1 fully saturated rings. The summed E-state index contributed by atoms with van der Waals surface area (Å²) in [7, 11) is -3.66. The number of piperidine rings is 1. The van der Waals surface area contributed by atoms with Crippen LogP contribution in [0.1, 0.15) is 19.8 Å². The van der Waals surface area contributed by atoms with Gasteiger partial charge in [-0.2, -0.15) is 17.0 Å². The fraction of sp³-hybridized carbons (Fsp3) is 0.900. The van der Waals surface area contributed by atoms with Gasteiger partial charge < -0.3 is 10.2 Å². The minimum atomic E-state index is -3.66. The molecule has 106 valence electrons. The molecule has 0 bridgehead atoms. The fourth-order valence-electron chi connectivity index (χ4n) is 2.06. The minimum absolute atomic E-state index is 0.0135. The van der Waals surface area contributed by atoms with E-state index in [0.717, 1.165) is 4.31 Å². The van der Waals surface area contributed by atoms with Crippen molar-refractivity contribution in [2.45, 2.75) is 19.8 Å². The predicted molar refractivity (Wildman–Crippen MR) is 65.2 cm³/mol. The molecule has 1 saturated heterocycles. The third-order valence-electron chi connectivity index (χ3n) is 3.09. The molecule has 0 aromatic rings. The van der Waals surface area contributed by atoms with E-state index in [2.05, 4.69) is 0 Å². The number of aliphatic hydroxyl groups is 1. The van der Waals surface area contributed by atoms with Crippen LogP contribution < -0.4 is 0 Å². The zero-order valence-electron chi connectivity index (χ0n) is 10.4. The number of carbonyl (C=O) groups is 1. The number of hydrogen-bond donors (Lipinski definition) is 2. The Morgan fingerprint density at radius 2 is 2.17 bits per heavy atom. The lowest BCUT2D eigenvalue weighted by Gasteiger charge is -2.33. The number of aliphatic carboxylic acids is 1. The maximum atomic E-state index is 12.2. The van der Waals surface area contributed by atoms with Crippen molar-refractivity contribution in [1.82, 2.24) is 8.61 Å². The first-order valence-electron chi connectivity index (χ1n) is 6.02. The van der Waals surface area contributed by atoms with Crippen LogP contribution in [0.25, 0.3) is 0 Å². The summed E-state index contributed by atoms with van der Waals surface area (Å²) >= 11 is 0. The number of rotatable bonds is 6. The van der Waals surface area contributed by atoms with Crippen molar-refractivity contribution in [3.63, 3.8) is 0 Å². The van der Waals surface area contributed by atoms with Gasteiger partial charge in [0.1, 0.15) is 0 Å². The third-order valence-corrected chi connectivity index (χ3v) is 5.17. The highest BCUT2D eigenvalue weighted by atomic mass is 32.2. The molecule has 0 aromatic carbocycles. The van der Waals surface area contributed by atoms with E-state index in [1.165, 1.54) is 4.31 Å². The molecule has 8 heteroatoms. The molecule has 0 amide bonds. The Balaban J connectivity index is 2.80. The molecule has 1 heterocycles. The van der Waals surface area contributed by atoms with Crippen molar-refractivity contribution in [3.8, 4) is 0 Å². The second kappa shape index (κ2) is 6.46. The summed E-state index contributed by atoms with van der Waals surface area (Å²) in [6.07, 6.45) is 1.06. The Hall–Kier alpha value is -0.700. The number of hydrogen-bond acceptors (Lipinski definition) is 4. The number of nitrogens with zero attached hydrogens (tertiary/aromatic N) is 2. The zero-order chi connectivity index (χ0) is 13.8. The highest BCUT2D eigenvalue weighted by Gasteiger charge is 2.35. The van der Waals surface area contributed by atoms with Crippen molar-refractivity contribution in [1.29, 1.82) is 0 Å². The summed E-state index contributed by atoms with van der Waals surface area (Å²) in [5, 5.41) is 17.8. The number of carboxylic acids is 1. The molecule has 1 atom stereocenters. The average Bonchev–Trinajstić information content (AvgIpc) is 2.35. The van der Waals surface area contributed by atoms with Crippen LogP contribution in [0, 0.1) is 5.92 Å². The first kappa shape index (κ1) is 15.4. The van der Waals surface area contributed by atoms with Gasteiger partial charge in [-0.05, 0) is 12.8 Å². The van der Waals surface area contributed by atoms with Gasteiger partial charge in [-0.15, -0.1) is 0 Å². The van der Waals surface area contributed by atoms with E-state index >= 15 is 0 Å². The van der Waals surface area contributed by atoms with Gasteiger partial charge in [0.15, 0.2) is 0 Å². The molecule has 1 aliphatic rings. The van der Waals surface area contributed by atoms with Crippen LogP contribution >= 0.6 is 0 Å². The molecule has 18 heavy (non-hydrogen) atoms. The lowest BCUT2D eigenvalue weighted by atomic mass is 10.0. The Labute approximate surface area is 107 Å². The van der Waals surface area contributed by atoms with Gasteiger partial charge in [0.2, 0.25) is 0 Å². The summed E-state index contributed by atoms with van der Waals surface area (Å²) in [6, 6.07) is 0. The standard InChI is InChI=1S/C10H20N2O5S/c1-2-11(6-7-13)18(16,17)12-5-3-4-9(8-12)10(14)15/h9,13H,2-8H2,1H3,(H,14,15). The maximum Gasteiger partial charge on any atom is 0.307 e. The lowest BCUT2D eigenvalue weighted by Crippen LogP contribution is -2.49. The maximum absolute atomic E-state index is 12.2. The first-order valence-corrected chi connectivity index (χ1v) is 7.42. The Kier molecular flexibility index (Phi) is 5.51. The Morgan fingerprint density at radius 1 is 1.50 bits per heavy atom. The van der Waals surface area contributed by atoms with Crippen molar-refractivity contribution in [2.75, 3.05) is 32.8 Å². The van der Waals surface area contributed by atoms with E-state index in [0.29, 0.717) is 19.4 Å². The molecule has 0 saturated carbocycles. The SMILES string of the molecule is CCN(CCO)S(=O)(=O)N1CCCC(C(=O)O)C1. The summed E-state index contributed by atoms with van der Waals surface area (Å²) in [6.45, 7) is 2.09. The number of likely N-dealkylation sites (N-methyl/N-ethyl adjacent to an activating group) is 1. The van der Waals surface area contributed by atoms with Crippen LogP contribution in [-0.4, -0.2) is 66.0 Å². The Morgan fingerprint density at radius 3 is 2.67 bits per heavy atom. The van der Waals surface area contributed by atoms with Crippen LogP contribution in [0.15, 0.2) is 0 Å². The van der Waals surface area contributed by atoms with Crippen LogP contribution in [0.3, 0.4) is 0 Å². The zero-order valence-corrected chi connectivity index (χ0v) is 11.3. The summed E-state index contributed by atoms with van der Waals surface area (Å²) in [5.41, 5.74) is 0. The molecule has 2 N–H and O–H groups in total.